The number of hydrogen-bond donors (Lipinski definition) is 1. The molecule has 1 aromatic carbocycles. The number of nitrogens with one attached hydrogen (secondary N) is 1. The van der Waals surface area contributed by atoms with E-state index in [-0.39, 0.29) is 17.6 Å². The van der Waals surface area contributed by atoms with Gasteiger partial charge in [0.1, 0.15) is 6.04 Å². The minimum atomic E-state index is -0.546. The summed E-state index contributed by atoms with van der Waals surface area (Å²) in [7, 11) is 1.63. The highest BCUT2D eigenvalue weighted by Gasteiger charge is 2.35. The van der Waals surface area contributed by atoms with Crippen LogP contribution in [0.2, 0.25) is 0 Å². The fourth-order valence-electron chi connectivity index (χ4n) is 3.06. The standard InChI is InChI=1S/C19H22N2O4/c1-24-10-5-9-20-18(22)16-12-14-6-2-3-7-15(14)13-21(16)19(23)17-8-4-11-25-17/h2-4,6-8,11,16H,5,9-10,12-13H2,1H3,(H,20,22). The Labute approximate surface area is 146 Å². The quantitative estimate of drug-likeness (QED) is 0.815. The number of nitrogens with zero attached hydrogens (tertiary/aromatic N) is 1. The Morgan fingerprint density at radius 2 is 2.04 bits per heavy atom. The van der Waals surface area contributed by atoms with E-state index in [4.69, 9.17) is 9.15 Å². The van der Waals surface area contributed by atoms with E-state index in [0.29, 0.717) is 26.1 Å². The summed E-state index contributed by atoms with van der Waals surface area (Å²) in [4.78, 5) is 27.1. The molecule has 6 heteroatoms. The fraction of sp³-hybridized carbons (Fsp3) is 0.368. The molecule has 1 aliphatic rings. The first kappa shape index (κ1) is 17.2. The maximum Gasteiger partial charge on any atom is 0.290 e. The second-order valence-electron chi connectivity index (χ2n) is 6.04. The van der Waals surface area contributed by atoms with Gasteiger partial charge in [-0.2, -0.15) is 0 Å². The first-order valence-electron chi connectivity index (χ1n) is 8.38. The van der Waals surface area contributed by atoms with Crippen LogP contribution in [0, 0.1) is 0 Å². The normalized spacial score (nSPS) is 16.4. The molecule has 0 bridgehead atoms. The predicted octanol–water partition coefficient (Wildman–Crippen LogP) is 2.00. The lowest BCUT2D eigenvalue weighted by molar-refractivity contribution is -0.126. The van der Waals surface area contributed by atoms with Gasteiger partial charge in [-0.15, -0.1) is 0 Å². The Bertz CT molecular complexity index is 727. The van der Waals surface area contributed by atoms with E-state index in [9.17, 15) is 9.59 Å². The van der Waals surface area contributed by atoms with Gasteiger partial charge in [-0.3, -0.25) is 9.59 Å². The van der Waals surface area contributed by atoms with Gasteiger partial charge in [-0.25, -0.2) is 0 Å². The molecule has 1 N–H and O–H groups in total. The monoisotopic (exact) mass is 342 g/mol. The lowest BCUT2D eigenvalue weighted by Crippen LogP contribution is -2.52. The average molecular weight is 342 g/mol. The number of carbonyl (C=O) groups excluding carboxylic acids is 2. The van der Waals surface area contributed by atoms with Crippen LogP contribution in [0.5, 0.6) is 0 Å². The van der Waals surface area contributed by atoms with Gasteiger partial charge in [-0.05, 0) is 29.7 Å². The van der Waals surface area contributed by atoms with Crippen molar-refractivity contribution in [2.24, 2.45) is 0 Å². The summed E-state index contributed by atoms with van der Waals surface area (Å²) >= 11 is 0. The van der Waals surface area contributed by atoms with E-state index >= 15 is 0 Å². The number of benzene rings is 1. The van der Waals surface area contributed by atoms with Crippen molar-refractivity contribution in [1.29, 1.82) is 0 Å². The summed E-state index contributed by atoms with van der Waals surface area (Å²) < 4.78 is 10.2. The number of fused-ring (bicyclic) bond motifs is 1. The maximum absolute atomic E-state index is 12.8. The van der Waals surface area contributed by atoms with Gasteiger partial charge in [0, 0.05) is 33.2 Å². The molecular weight excluding hydrogens is 320 g/mol. The minimum absolute atomic E-state index is 0.148. The number of carbonyl (C=O) groups is 2. The van der Waals surface area contributed by atoms with Crippen LogP contribution in [-0.4, -0.2) is 43.0 Å². The molecular formula is C19H22N2O4. The second-order valence-corrected chi connectivity index (χ2v) is 6.04. The molecule has 2 aromatic rings. The minimum Gasteiger partial charge on any atom is -0.459 e. The van der Waals surface area contributed by atoms with E-state index in [1.807, 2.05) is 24.3 Å². The van der Waals surface area contributed by atoms with E-state index in [2.05, 4.69) is 5.32 Å². The maximum atomic E-state index is 12.8. The summed E-state index contributed by atoms with van der Waals surface area (Å²) in [5.74, 6) is -0.168. The Kier molecular flexibility index (Phi) is 5.50. The number of methoxy groups -OCH3 is 1. The Hall–Kier alpha value is -2.60. The van der Waals surface area contributed by atoms with Crippen LogP contribution in [0.4, 0.5) is 0 Å². The molecule has 0 spiro atoms. The first-order valence-corrected chi connectivity index (χ1v) is 8.38. The zero-order valence-electron chi connectivity index (χ0n) is 14.2. The molecule has 2 amide bonds. The number of furan rings is 1. The van der Waals surface area contributed by atoms with Crippen molar-refractivity contribution in [3.63, 3.8) is 0 Å². The molecule has 3 rings (SSSR count). The Balaban J connectivity index is 1.79. The van der Waals surface area contributed by atoms with Gasteiger partial charge in [0.15, 0.2) is 5.76 Å². The third kappa shape index (κ3) is 3.91. The topological polar surface area (TPSA) is 71.8 Å². The van der Waals surface area contributed by atoms with E-state index < -0.39 is 6.04 Å². The molecule has 0 fully saturated rings. The van der Waals surface area contributed by atoms with Gasteiger partial charge < -0.3 is 19.4 Å². The van der Waals surface area contributed by atoms with Gasteiger partial charge in [0.05, 0.1) is 6.26 Å². The third-order valence-electron chi connectivity index (χ3n) is 4.37. The van der Waals surface area contributed by atoms with E-state index in [1.54, 1.807) is 24.1 Å². The lowest BCUT2D eigenvalue weighted by atomic mass is 9.93. The van der Waals surface area contributed by atoms with Crippen LogP contribution in [0.3, 0.4) is 0 Å². The van der Waals surface area contributed by atoms with Crippen molar-refractivity contribution < 1.29 is 18.7 Å². The molecule has 1 atom stereocenters. The Morgan fingerprint density at radius 3 is 2.76 bits per heavy atom. The molecule has 0 radical (unpaired) electrons. The van der Waals surface area contributed by atoms with Crippen LogP contribution in [0.1, 0.15) is 28.1 Å². The highest BCUT2D eigenvalue weighted by Crippen LogP contribution is 2.25. The van der Waals surface area contributed by atoms with Crippen molar-refractivity contribution in [3.05, 3.63) is 59.5 Å². The zero-order valence-corrected chi connectivity index (χ0v) is 14.2. The summed E-state index contributed by atoms with van der Waals surface area (Å²) in [6.45, 7) is 1.50. The van der Waals surface area contributed by atoms with Crippen molar-refractivity contribution >= 4 is 11.8 Å². The smallest absolute Gasteiger partial charge is 0.290 e. The molecule has 2 heterocycles. The molecule has 1 unspecified atom stereocenters. The number of ether oxygens (including phenoxy) is 1. The number of hydrogen-bond acceptors (Lipinski definition) is 4. The third-order valence-corrected chi connectivity index (χ3v) is 4.37. The average Bonchev–Trinajstić information content (AvgIpc) is 3.18. The molecule has 1 aromatic heterocycles. The SMILES string of the molecule is COCCCNC(=O)C1Cc2ccccc2CN1C(=O)c1ccco1. The molecule has 25 heavy (non-hydrogen) atoms. The van der Waals surface area contributed by atoms with Crippen LogP contribution < -0.4 is 5.32 Å². The van der Waals surface area contributed by atoms with Gasteiger partial charge in [0.25, 0.3) is 5.91 Å². The molecule has 0 saturated carbocycles. The van der Waals surface area contributed by atoms with Crippen LogP contribution in [0.25, 0.3) is 0 Å². The number of amides is 2. The fourth-order valence-corrected chi connectivity index (χ4v) is 3.06. The molecule has 0 saturated heterocycles. The number of rotatable bonds is 6. The van der Waals surface area contributed by atoms with Gasteiger partial charge in [-0.1, -0.05) is 24.3 Å². The van der Waals surface area contributed by atoms with Crippen molar-refractivity contribution in [2.45, 2.75) is 25.4 Å². The van der Waals surface area contributed by atoms with Gasteiger partial charge >= 0.3 is 0 Å². The largest absolute Gasteiger partial charge is 0.459 e. The van der Waals surface area contributed by atoms with Crippen molar-refractivity contribution in [2.75, 3.05) is 20.3 Å². The van der Waals surface area contributed by atoms with Crippen LogP contribution in [-0.2, 0) is 22.5 Å². The van der Waals surface area contributed by atoms with Gasteiger partial charge in [0.2, 0.25) is 5.91 Å². The highest BCUT2D eigenvalue weighted by molar-refractivity contribution is 5.96. The predicted molar refractivity (Wildman–Crippen MR) is 92.0 cm³/mol. The van der Waals surface area contributed by atoms with E-state index in [1.165, 1.54) is 6.26 Å². The zero-order chi connectivity index (χ0) is 17.6. The summed E-state index contributed by atoms with van der Waals surface area (Å²) in [6.07, 6.45) is 2.70. The summed E-state index contributed by atoms with van der Waals surface area (Å²) in [5, 5.41) is 2.90. The Morgan fingerprint density at radius 1 is 1.24 bits per heavy atom. The second kappa shape index (κ2) is 7.98. The summed E-state index contributed by atoms with van der Waals surface area (Å²) in [6, 6.07) is 10.6. The molecule has 132 valence electrons. The van der Waals surface area contributed by atoms with E-state index in [0.717, 1.165) is 17.5 Å². The first-order chi connectivity index (χ1) is 12.2. The van der Waals surface area contributed by atoms with Crippen molar-refractivity contribution in [3.8, 4) is 0 Å². The molecule has 6 nitrogen and oxygen atoms in total. The molecule has 1 aliphatic heterocycles. The van der Waals surface area contributed by atoms with Crippen LogP contribution >= 0.6 is 0 Å². The molecule has 0 aliphatic carbocycles. The summed E-state index contributed by atoms with van der Waals surface area (Å²) in [5.41, 5.74) is 2.16. The van der Waals surface area contributed by atoms with Crippen LogP contribution in [0.15, 0.2) is 47.1 Å². The van der Waals surface area contributed by atoms with Crippen molar-refractivity contribution in [1.82, 2.24) is 10.2 Å². The lowest BCUT2D eigenvalue weighted by Gasteiger charge is -2.35. The highest BCUT2D eigenvalue weighted by atomic mass is 16.5.